The van der Waals surface area contributed by atoms with Crippen molar-refractivity contribution in [1.29, 1.82) is 0 Å². The largest absolute Gasteiger partial charge is 0.339 e. The van der Waals surface area contributed by atoms with E-state index in [9.17, 15) is 9.59 Å². The first-order valence-electron chi connectivity index (χ1n) is 9.00. The smallest absolute Gasteiger partial charge is 0.319 e. The third-order valence-corrected chi connectivity index (χ3v) is 4.29. The second-order valence-electron chi connectivity index (χ2n) is 6.85. The molecule has 1 aromatic rings. The zero-order valence-corrected chi connectivity index (χ0v) is 14.8. The van der Waals surface area contributed by atoms with E-state index in [0.29, 0.717) is 23.7 Å². The van der Waals surface area contributed by atoms with Gasteiger partial charge < -0.3 is 15.5 Å². The molecule has 0 saturated carbocycles. The molecule has 0 unspecified atom stereocenters. The van der Waals surface area contributed by atoms with E-state index in [2.05, 4.69) is 24.5 Å². The second kappa shape index (κ2) is 9.30. The van der Waals surface area contributed by atoms with E-state index < -0.39 is 0 Å². The lowest BCUT2D eigenvalue weighted by Crippen LogP contribution is -2.32. The van der Waals surface area contributed by atoms with Crippen LogP contribution in [0.2, 0.25) is 0 Å². The van der Waals surface area contributed by atoms with Crippen molar-refractivity contribution in [3.8, 4) is 0 Å². The van der Waals surface area contributed by atoms with Gasteiger partial charge in [0.05, 0.1) is 0 Å². The number of amides is 3. The lowest BCUT2D eigenvalue weighted by molar-refractivity contribution is 0.0761. The Morgan fingerprint density at radius 2 is 1.67 bits per heavy atom. The monoisotopic (exact) mass is 331 g/mol. The molecule has 2 N–H and O–H groups in total. The first-order valence-corrected chi connectivity index (χ1v) is 9.00. The molecule has 0 radical (unpaired) electrons. The Bertz CT molecular complexity index is 532. The second-order valence-corrected chi connectivity index (χ2v) is 6.85. The number of hydrogen-bond acceptors (Lipinski definition) is 2. The van der Waals surface area contributed by atoms with Gasteiger partial charge in [0.25, 0.3) is 5.91 Å². The summed E-state index contributed by atoms with van der Waals surface area (Å²) >= 11 is 0. The quantitative estimate of drug-likeness (QED) is 0.860. The minimum atomic E-state index is -0.206. The maximum absolute atomic E-state index is 12.5. The van der Waals surface area contributed by atoms with Crippen LogP contribution in [0.5, 0.6) is 0 Å². The zero-order valence-electron chi connectivity index (χ0n) is 14.8. The van der Waals surface area contributed by atoms with Crippen LogP contribution in [0.25, 0.3) is 0 Å². The lowest BCUT2D eigenvalue weighted by atomic mass is 10.1. The molecule has 0 aliphatic carbocycles. The molecule has 3 amide bonds. The van der Waals surface area contributed by atoms with E-state index in [-0.39, 0.29) is 11.9 Å². The van der Waals surface area contributed by atoms with Crippen molar-refractivity contribution in [2.75, 3.05) is 25.0 Å². The average molecular weight is 331 g/mol. The molecule has 1 aromatic carbocycles. The number of urea groups is 1. The van der Waals surface area contributed by atoms with E-state index in [1.165, 1.54) is 12.8 Å². The van der Waals surface area contributed by atoms with Gasteiger partial charge in [0.2, 0.25) is 0 Å². The normalized spacial score (nSPS) is 15.0. The number of benzene rings is 1. The van der Waals surface area contributed by atoms with Gasteiger partial charge in [-0.15, -0.1) is 0 Å². The average Bonchev–Trinajstić information content (AvgIpc) is 2.84. The molecule has 0 aromatic heterocycles. The molecule has 2 rings (SSSR count). The van der Waals surface area contributed by atoms with Crippen LogP contribution in [0.1, 0.15) is 56.3 Å². The van der Waals surface area contributed by atoms with Crippen LogP contribution in [0.3, 0.4) is 0 Å². The van der Waals surface area contributed by atoms with Gasteiger partial charge in [-0.25, -0.2) is 4.79 Å². The molecule has 5 nitrogen and oxygen atoms in total. The predicted octanol–water partition coefficient (Wildman–Crippen LogP) is 3.87. The highest BCUT2D eigenvalue weighted by atomic mass is 16.2. The summed E-state index contributed by atoms with van der Waals surface area (Å²) in [6, 6.07) is 6.94. The fraction of sp³-hybridized carbons (Fsp3) is 0.579. The summed E-state index contributed by atoms with van der Waals surface area (Å²) in [5.74, 6) is 0.652. The molecule has 0 atom stereocenters. The summed E-state index contributed by atoms with van der Waals surface area (Å²) in [4.78, 5) is 26.3. The van der Waals surface area contributed by atoms with E-state index in [4.69, 9.17) is 0 Å². The minimum Gasteiger partial charge on any atom is -0.339 e. The van der Waals surface area contributed by atoms with Gasteiger partial charge in [0.1, 0.15) is 0 Å². The van der Waals surface area contributed by atoms with Gasteiger partial charge in [0.15, 0.2) is 0 Å². The standard InChI is InChI=1S/C19H29N3O2/c1-15(2)11-12-20-19(24)21-17-9-7-16(8-10-17)18(23)22-13-5-3-4-6-14-22/h7-10,15H,3-6,11-14H2,1-2H3,(H2,20,21,24). The van der Waals surface area contributed by atoms with Crippen molar-refractivity contribution in [2.24, 2.45) is 5.92 Å². The molecule has 0 bridgehead atoms. The fourth-order valence-electron chi connectivity index (χ4n) is 2.80. The molecule has 1 fully saturated rings. The van der Waals surface area contributed by atoms with Gasteiger partial charge in [-0.05, 0) is 49.4 Å². The number of nitrogens with one attached hydrogen (secondary N) is 2. The Balaban J connectivity index is 1.85. The van der Waals surface area contributed by atoms with Gasteiger partial charge in [-0.3, -0.25) is 4.79 Å². The van der Waals surface area contributed by atoms with Gasteiger partial charge in [-0.1, -0.05) is 26.7 Å². The lowest BCUT2D eigenvalue weighted by Gasteiger charge is -2.20. The molecular weight excluding hydrogens is 302 g/mol. The number of rotatable bonds is 5. The molecule has 1 saturated heterocycles. The Morgan fingerprint density at radius 3 is 2.25 bits per heavy atom. The van der Waals surface area contributed by atoms with Gasteiger partial charge >= 0.3 is 6.03 Å². The maximum atomic E-state index is 12.5. The van der Waals surface area contributed by atoms with Crippen LogP contribution in [-0.2, 0) is 0 Å². The van der Waals surface area contributed by atoms with Crippen LogP contribution < -0.4 is 10.6 Å². The summed E-state index contributed by atoms with van der Waals surface area (Å²) in [6.45, 7) is 6.60. The van der Waals surface area contributed by atoms with Crippen molar-refractivity contribution in [3.05, 3.63) is 29.8 Å². The van der Waals surface area contributed by atoms with Gasteiger partial charge in [0, 0.05) is 30.9 Å². The summed E-state index contributed by atoms with van der Waals surface area (Å²) in [5, 5.41) is 5.63. The van der Waals surface area contributed by atoms with Crippen LogP contribution in [0.15, 0.2) is 24.3 Å². The van der Waals surface area contributed by atoms with Crippen molar-refractivity contribution < 1.29 is 9.59 Å². The molecule has 1 aliphatic rings. The molecule has 0 spiro atoms. The minimum absolute atomic E-state index is 0.0878. The Kier molecular flexibility index (Phi) is 7.09. The summed E-state index contributed by atoms with van der Waals surface area (Å²) in [6.07, 6.45) is 5.54. The highest BCUT2D eigenvalue weighted by Gasteiger charge is 2.17. The molecular formula is C19H29N3O2. The van der Waals surface area contributed by atoms with E-state index in [1.54, 1.807) is 24.3 Å². The van der Waals surface area contributed by atoms with Crippen molar-refractivity contribution in [1.82, 2.24) is 10.2 Å². The fourth-order valence-corrected chi connectivity index (χ4v) is 2.80. The SMILES string of the molecule is CC(C)CCNC(=O)Nc1ccc(C(=O)N2CCCCCC2)cc1. The van der Waals surface area contributed by atoms with E-state index >= 15 is 0 Å². The Labute approximate surface area is 144 Å². The van der Waals surface area contributed by atoms with Gasteiger partial charge in [-0.2, -0.15) is 0 Å². The number of carbonyl (C=O) groups is 2. The zero-order chi connectivity index (χ0) is 17.4. The molecule has 1 heterocycles. The van der Waals surface area contributed by atoms with Crippen LogP contribution in [0.4, 0.5) is 10.5 Å². The number of carbonyl (C=O) groups excluding carboxylic acids is 2. The number of nitrogens with zero attached hydrogens (tertiary/aromatic N) is 1. The maximum Gasteiger partial charge on any atom is 0.319 e. The van der Waals surface area contributed by atoms with Crippen LogP contribution in [0, 0.1) is 5.92 Å². The molecule has 132 valence electrons. The van der Waals surface area contributed by atoms with Crippen molar-refractivity contribution >= 4 is 17.6 Å². The highest BCUT2D eigenvalue weighted by Crippen LogP contribution is 2.15. The first-order chi connectivity index (χ1) is 11.6. The van der Waals surface area contributed by atoms with Crippen LogP contribution in [-0.4, -0.2) is 36.5 Å². The number of likely N-dealkylation sites (tertiary alicyclic amines) is 1. The topological polar surface area (TPSA) is 61.4 Å². The summed E-state index contributed by atoms with van der Waals surface area (Å²) < 4.78 is 0. The Hall–Kier alpha value is -2.04. The number of hydrogen-bond donors (Lipinski definition) is 2. The van der Waals surface area contributed by atoms with Crippen LogP contribution >= 0.6 is 0 Å². The molecule has 24 heavy (non-hydrogen) atoms. The van der Waals surface area contributed by atoms with Crippen molar-refractivity contribution in [3.63, 3.8) is 0 Å². The highest BCUT2D eigenvalue weighted by molar-refractivity contribution is 5.95. The predicted molar refractivity (Wildman–Crippen MR) is 97.3 cm³/mol. The molecule has 5 heteroatoms. The molecule has 1 aliphatic heterocycles. The van der Waals surface area contributed by atoms with E-state index in [1.807, 2.05) is 4.90 Å². The number of anilines is 1. The summed E-state index contributed by atoms with van der Waals surface area (Å²) in [7, 11) is 0. The summed E-state index contributed by atoms with van der Waals surface area (Å²) in [5.41, 5.74) is 1.38. The third-order valence-electron chi connectivity index (χ3n) is 4.29. The third kappa shape index (κ3) is 5.87. The van der Waals surface area contributed by atoms with Crippen molar-refractivity contribution in [2.45, 2.75) is 46.0 Å². The Morgan fingerprint density at radius 1 is 1.04 bits per heavy atom. The van der Waals surface area contributed by atoms with E-state index in [0.717, 1.165) is 32.4 Å². The first kappa shape index (κ1) is 18.3.